The number of ether oxygens (including phenoxy) is 1. The second-order valence-electron chi connectivity index (χ2n) is 2.56. The molecule has 0 aliphatic carbocycles. The molecular formula is C8H15O4P. The van der Waals surface area contributed by atoms with Crippen molar-refractivity contribution in [3.8, 4) is 0 Å². The van der Waals surface area contributed by atoms with Crippen LogP contribution in [-0.4, -0.2) is 32.0 Å². The standard InChI is InChI=1S/C8H15O4P/c1-4-6-11-8(9)7-13(3,10)12-5-2/h4H,1,5-7H2,2-3H3. The smallest absolute Gasteiger partial charge is 0.315 e. The van der Waals surface area contributed by atoms with Crippen LogP contribution in [0, 0.1) is 0 Å². The number of hydrogen-bond donors (Lipinski definition) is 0. The highest BCUT2D eigenvalue weighted by Crippen LogP contribution is 2.41. The van der Waals surface area contributed by atoms with E-state index in [1.165, 1.54) is 12.7 Å². The van der Waals surface area contributed by atoms with Crippen LogP contribution in [0.3, 0.4) is 0 Å². The van der Waals surface area contributed by atoms with E-state index in [-0.39, 0.29) is 12.8 Å². The molecule has 76 valence electrons. The van der Waals surface area contributed by atoms with E-state index in [4.69, 9.17) is 4.52 Å². The molecule has 1 atom stereocenters. The molecule has 0 fully saturated rings. The fourth-order valence-corrected chi connectivity index (χ4v) is 1.95. The van der Waals surface area contributed by atoms with Crippen LogP contribution in [0.2, 0.25) is 0 Å². The van der Waals surface area contributed by atoms with Crippen LogP contribution in [0.1, 0.15) is 6.92 Å². The zero-order chi connectivity index (χ0) is 10.3. The van der Waals surface area contributed by atoms with Crippen LogP contribution >= 0.6 is 7.37 Å². The molecule has 0 rings (SSSR count). The first-order chi connectivity index (χ1) is 6.02. The van der Waals surface area contributed by atoms with Gasteiger partial charge in [0.1, 0.15) is 12.8 Å². The highest BCUT2D eigenvalue weighted by Gasteiger charge is 2.20. The Labute approximate surface area is 78.4 Å². The summed E-state index contributed by atoms with van der Waals surface area (Å²) in [7, 11) is -2.80. The van der Waals surface area contributed by atoms with Crippen molar-refractivity contribution in [2.24, 2.45) is 0 Å². The average Bonchev–Trinajstić information content (AvgIpc) is 1.99. The van der Waals surface area contributed by atoms with Crippen LogP contribution in [0.5, 0.6) is 0 Å². The third-order valence-corrected chi connectivity index (χ3v) is 2.82. The first-order valence-electron chi connectivity index (χ1n) is 3.99. The molecule has 0 aromatic rings. The second kappa shape index (κ2) is 5.95. The lowest BCUT2D eigenvalue weighted by molar-refractivity contribution is -0.139. The number of carbonyl (C=O) groups is 1. The van der Waals surface area contributed by atoms with E-state index >= 15 is 0 Å². The van der Waals surface area contributed by atoms with Gasteiger partial charge in [0.2, 0.25) is 7.37 Å². The lowest BCUT2D eigenvalue weighted by Crippen LogP contribution is -2.11. The predicted molar refractivity (Wildman–Crippen MR) is 51.2 cm³/mol. The molecule has 5 heteroatoms. The van der Waals surface area contributed by atoms with Gasteiger partial charge in [-0.3, -0.25) is 9.36 Å². The average molecular weight is 206 g/mol. The first kappa shape index (κ1) is 12.4. The molecular weight excluding hydrogens is 191 g/mol. The monoisotopic (exact) mass is 206 g/mol. The zero-order valence-corrected chi connectivity index (χ0v) is 8.88. The van der Waals surface area contributed by atoms with Crippen LogP contribution in [0.25, 0.3) is 0 Å². The first-order valence-corrected chi connectivity index (χ1v) is 6.25. The lowest BCUT2D eigenvalue weighted by Gasteiger charge is -2.10. The highest BCUT2D eigenvalue weighted by molar-refractivity contribution is 7.59. The molecule has 0 bridgehead atoms. The number of hydrogen-bond acceptors (Lipinski definition) is 4. The van der Waals surface area contributed by atoms with Gasteiger partial charge >= 0.3 is 5.97 Å². The van der Waals surface area contributed by atoms with Gasteiger partial charge in [0.25, 0.3) is 0 Å². The summed E-state index contributed by atoms with van der Waals surface area (Å²) in [6.07, 6.45) is 1.29. The van der Waals surface area contributed by atoms with Crippen LogP contribution in [0.15, 0.2) is 12.7 Å². The van der Waals surface area contributed by atoms with Gasteiger partial charge in [-0.2, -0.15) is 0 Å². The molecule has 0 aliphatic rings. The maximum Gasteiger partial charge on any atom is 0.315 e. The molecule has 13 heavy (non-hydrogen) atoms. The third-order valence-electron chi connectivity index (χ3n) is 1.18. The van der Waals surface area contributed by atoms with Crippen molar-refractivity contribution in [1.29, 1.82) is 0 Å². The van der Waals surface area contributed by atoms with Gasteiger partial charge in [0.05, 0.1) is 6.61 Å². The fourth-order valence-electron chi connectivity index (χ4n) is 0.751. The summed E-state index contributed by atoms with van der Waals surface area (Å²) >= 11 is 0. The van der Waals surface area contributed by atoms with Gasteiger partial charge < -0.3 is 9.26 Å². The van der Waals surface area contributed by atoms with Crippen molar-refractivity contribution < 1.29 is 18.6 Å². The van der Waals surface area contributed by atoms with Crippen LogP contribution in [-0.2, 0) is 18.6 Å². The maximum absolute atomic E-state index is 11.4. The summed E-state index contributed by atoms with van der Waals surface area (Å²) in [4.78, 5) is 11.0. The molecule has 0 N–H and O–H groups in total. The molecule has 1 unspecified atom stereocenters. The molecule has 0 aromatic heterocycles. The molecule has 0 heterocycles. The van der Waals surface area contributed by atoms with E-state index in [0.29, 0.717) is 6.61 Å². The fraction of sp³-hybridized carbons (Fsp3) is 0.625. The van der Waals surface area contributed by atoms with Gasteiger partial charge in [-0.15, -0.1) is 0 Å². The summed E-state index contributed by atoms with van der Waals surface area (Å²) in [5, 5.41) is 0. The van der Waals surface area contributed by atoms with Crippen LogP contribution < -0.4 is 0 Å². The van der Waals surface area contributed by atoms with Crippen molar-refractivity contribution in [3.05, 3.63) is 12.7 Å². The molecule has 0 aliphatic heterocycles. The summed E-state index contributed by atoms with van der Waals surface area (Å²) < 4.78 is 21.0. The Morgan fingerprint density at radius 1 is 1.62 bits per heavy atom. The molecule has 0 spiro atoms. The lowest BCUT2D eigenvalue weighted by atomic mass is 10.7. The van der Waals surface area contributed by atoms with Crippen molar-refractivity contribution in [1.82, 2.24) is 0 Å². The van der Waals surface area contributed by atoms with E-state index in [0.717, 1.165) is 0 Å². The van der Waals surface area contributed by atoms with Crippen molar-refractivity contribution in [2.45, 2.75) is 6.92 Å². The SMILES string of the molecule is C=CCOC(=O)CP(C)(=O)OCC. The minimum Gasteiger partial charge on any atom is -0.461 e. The van der Waals surface area contributed by atoms with Gasteiger partial charge in [0.15, 0.2) is 0 Å². The van der Waals surface area contributed by atoms with Gasteiger partial charge in [0, 0.05) is 6.66 Å². The molecule has 4 nitrogen and oxygen atoms in total. The summed E-state index contributed by atoms with van der Waals surface area (Å²) in [5.74, 6) is -0.515. The topological polar surface area (TPSA) is 52.6 Å². The van der Waals surface area contributed by atoms with E-state index in [2.05, 4.69) is 11.3 Å². The van der Waals surface area contributed by atoms with Crippen LogP contribution in [0.4, 0.5) is 0 Å². The molecule has 0 radical (unpaired) electrons. The Balaban J connectivity index is 3.89. The quantitative estimate of drug-likeness (QED) is 0.376. The number of carbonyl (C=O) groups excluding carboxylic acids is 1. The normalized spacial score (nSPS) is 14.6. The summed E-state index contributed by atoms with van der Waals surface area (Å²) in [6.45, 7) is 7.02. The Morgan fingerprint density at radius 2 is 2.23 bits per heavy atom. The predicted octanol–water partition coefficient (Wildman–Crippen LogP) is 1.66. The Hall–Kier alpha value is -0.600. The molecule has 0 saturated carbocycles. The molecule has 0 aromatic carbocycles. The van der Waals surface area contributed by atoms with E-state index in [9.17, 15) is 9.36 Å². The number of rotatable bonds is 6. The van der Waals surface area contributed by atoms with Gasteiger partial charge in [-0.25, -0.2) is 0 Å². The maximum atomic E-state index is 11.4. The van der Waals surface area contributed by atoms with E-state index in [1.54, 1.807) is 6.92 Å². The Morgan fingerprint density at radius 3 is 2.69 bits per heavy atom. The summed E-state index contributed by atoms with van der Waals surface area (Å²) in [6, 6.07) is 0. The minimum absolute atomic E-state index is 0.144. The second-order valence-corrected chi connectivity index (χ2v) is 5.16. The summed E-state index contributed by atoms with van der Waals surface area (Å²) in [5.41, 5.74) is 0. The largest absolute Gasteiger partial charge is 0.461 e. The van der Waals surface area contributed by atoms with Crippen molar-refractivity contribution >= 4 is 13.3 Å². The highest BCUT2D eigenvalue weighted by atomic mass is 31.2. The van der Waals surface area contributed by atoms with E-state index in [1.807, 2.05) is 0 Å². The molecule has 0 saturated heterocycles. The van der Waals surface area contributed by atoms with Gasteiger partial charge in [-0.1, -0.05) is 12.7 Å². The minimum atomic E-state index is -2.80. The zero-order valence-electron chi connectivity index (χ0n) is 7.99. The van der Waals surface area contributed by atoms with Crippen molar-refractivity contribution in [3.63, 3.8) is 0 Å². The Kier molecular flexibility index (Phi) is 5.67. The third kappa shape index (κ3) is 6.55. The molecule has 0 amide bonds. The van der Waals surface area contributed by atoms with Crippen molar-refractivity contribution in [2.75, 3.05) is 26.0 Å². The number of esters is 1. The Bertz CT molecular complexity index is 224. The van der Waals surface area contributed by atoms with Gasteiger partial charge in [-0.05, 0) is 6.92 Å². The van der Waals surface area contributed by atoms with E-state index < -0.39 is 13.3 Å².